The van der Waals surface area contributed by atoms with Crippen LogP contribution in [0.1, 0.15) is 25.7 Å². The number of carbonyl (C=O) groups excluding carboxylic acids is 1. The molecule has 0 spiro atoms. The molecule has 14 heavy (non-hydrogen) atoms. The van der Waals surface area contributed by atoms with Crippen LogP contribution in [0.2, 0.25) is 0 Å². The summed E-state index contributed by atoms with van der Waals surface area (Å²) >= 11 is 2.11. The molecule has 4 heteroatoms. The molecule has 2 saturated heterocycles. The van der Waals surface area contributed by atoms with Crippen molar-refractivity contribution in [3.8, 4) is 0 Å². The van der Waals surface area contributed by atoms with Gasteiger partial charge in [-0.2, -0.15) is 11.8 Å². The standard InChI is InChI=1S/C10H17NO2S/c1-13-6-10(12)11-7-4-8-2-3-9(5-7)14-8/h7-9H,2-6H2,1H3,(H,11,12). The van der Waals surface area contributed by atoms with Gasteiger partial charge in [-0.3, -0.25) is 4.79 Å². The van der Waals surface area contributed by atoms with E-state index in [0.717, 1.165) is 23.3 Å². The zero-order valence-electron chi connectivity index (χ0n) is 8.49. The van der Waals surface area contributed by atoms with Gasteiger partial charge in [-0.25, -0.2) is 0 Å². The number of ether oxygens (including phenoxy) is 1. The molecule has 3 nitrogen and oxygen atoms in total. The maximum atomic E-state index is 11.3. The monoisotopic (exact) mass is 215 g/mol. The lowest BCUT2D eigenvalue weighted by Crippen LogP contribution is -2.41. The Hall–Kier alpha value is -0.220. The van der Waals surface area contributed by atoms with Crippen LogP contribution in [0.4, 0.5) is 0 Å². The lowest BCUT2D eigenvalue weighted by Gasteiger charge is -2.27. The summed E-state index contributed by atoms with van der Waals surface area (Å²) in [5, 5.41) is 4.63. The van der Waals surface area contributed by atoms with Crippen molar-refractivity contribution in [3.63, 3.8) is 0 Å². The molecule has 2 aliphatic rings. The molecule has 0 saturated carbocycles. The van der Waals surface area contributed by atoms with E-state index in [2.05, 4.69) is 17.1 Å². The van der Waals surface area contributed by atoms with E-state index in [-0.39, 0.29) is 12.5 Å². The fourth-order valence-corrected chi connectivity index (χ4v) is 4.15. The summed E-state index contributed by atoms with van der Waals surface area (Å²) in [4.78, 5) is 11.3. The normalized spacial score (nSPS) is 35.6. The predicted octanol–water partition coefficient (Wildman–Crippen LogP) is 1.18. The number of rotatable bonds is 3. The molecular weight excluding hydrogens is 198 g/mol. The Morgan fingerprint density at radius 3 is 2.64 bits per heavy atom. The largest absolute Gasteiger partial charge is 0.375 e. The minimum Gasteiger partial charge on any atom is -0.375 e. The first-order valence-corrected chi connectivity index (χ1v) is 6.16. The number of hydrogen-bond acceptors (Lipinski definition) is 3. The molecule has 0 aromatic carbocycles. The molecule has 1 N–H and O–H groups in total. The van der Waals surface area contributed by atoms with Crippen LogP contribution in [0.15, 0.2) is 0 Å². The van der Waals surface area contributed by atoms with Crippen LogP contribution in [0.3, 0.4) is 0 Å². The Bertz CT molecular complexity index is 210. The van der Waals surface area contributed by atoms with E-state index in [9.17, 15) is 4.79 Å². The molecule has 2 fully saturated rings. The van der Waals surface area contributed by atoms with Crippen molar-refractivity contribution >= 4 is 17.7 Å². The van der Waals surface area contributed by atoms with Crippen molar-refractivity contribution in [1.82, 2.24) is 5.32 Å². The lowest BCUT2D eigenvalue weighted by atomic mass is 10.1. The van der Waals surface area contributed by atoms with Gasteiger partial charge < -0.3 is 10.1 Å². The van der Waals surface area contributed by atoms with Gasteiger partial charge in [0.2, 0.25) is 5.91 Å². The Kier molecular flexibility index (Phi) is 3.34. The molecule has 2 rings (SSSR count). The molecule has 2 heterocycles. The van der Waals surface area contributed by atoms with Crippen LogP contribution < -0.4 is 5.32 Å². The van der Waals surface area contributed by atoms with Crippen molar-refractivity contribution in [1.29, 1.82) is 0 Å². The highest BCUT2D eigenvalue weighted by molar-refractivity contribution is 8.00. The molecule has 2 atom stereocenters. The topological polar surface area (TPSA) is 38.3 Å². The van der Waals surface area contributed by atoms with Gasteiger partial charge in [-0.05, 0) is 25.7 Å². The second-order valence-electron chi connectivity index (χ2n) is 4.13. The van der Waals surface area contributed by atoms with Crippen LogP contribution in [-0.2, 0) is 9.53 Å². The van der Waals surface area contributed by atoms with Crippen molar-refractivity contribution < 1.29 is 9.53 Å². The number of methoxy groups -OCH3 is 1. The predicted molar refractivity (Wildman–Crippen MR) is 57.4 cm³/mol. The van der Waals surface area contributed by atoms with E-state index >= 15 is 0 Å². The Morgan fingerprint density at radius 1 is 1.43 bits per heavy atom. The van der Waals surface area contributed by atoms with Crippen molar-refractivity contribution in [2.45, 2.75) is 42.2 Å². The van der Waals surface area contributed by atoms with E-state index in [1.165, 1.54) is 12.8 Å². The van der Waals surface area contributed by atoms with Gasteiger partial charge in [0, 0.05) is 23.7 Å². The maximum absolute atomic E-state index is 11.3. The van der Waals surface area contributed by atoms with Gasteiger partial charge >= 0.3 is 0 Å². The smallest absolute Gasteiger partial charge is 0.246 e. The minimum atomic E-state index is 0.0313. The highest BCUT2D eigenvalue weighted by Crippen LogP contribution is 2.43. The van der Waals surface area contributed by atoms with E-state index < -0.39 is 0 Å². The third-order valence-corrected chi connectivity index (χ3v) is 4.56. The lowest BCUT2D eigenvalue weighted by molar-refractivity contribution is -0.125. The quantitative estimate of drug-likeness (QED) is 0.768. The van der Waals surface area contributed by atoms with Gasteiger partial charge in [-0.15, -0.1) is 0 Å². The number of fused-ring (bicyclic) bond motifs is 2. The van der Waals surface area contributed by atoms with E-state index in [1.54, 1.807) is 7.11 Å². The fraction of sp³-hybridized carbons (Fsp3) is 0.900. The fourth-order valence-electron chi connectivity index (χ4n) is 2.38. The Labute approximate surface area is 89.0 Å². The molecule has 1 amide bonds. The van der Waals surface area contributed by atoms with Gasteiger partial charge in [-0.1, -0.05) is 0 Å². The second kappa shape index (κ2) is 4.53. The molecule has 0 aromatic heterocycles. The number of hydrogen-bond donors (Lipinski definition) is 1. The zero-order chi connectivity index (χ0) is 9.97. The second-order valence-corrected chi connectivity index (χ2v) is 5.73. The number of thioether (sulfide) groups is 1. The van der Waals surface area contributed by atoms with Crippen LogP contribution in [0.25, 0.3) is 0 Å². The Balaban J connectivity index is 1.79. The molecule has 2 unspecified atom stereocenters. The first-order valence-electron chi connectivity index (χ1n) is 5.21. The minimum absolute atomic E-state index is 0.0313. The van der Waals surface area contributed by atoms with Crippen molar-refractivity contribution in [2.24, 2.45) is 0 Å². The van der Waals surface area contributed by atoms with Gasteiger partial charge in [0.25, 0.3) is 0 Å². The molecule has 0 aliphatic carbocycles. The maximum Gasteiger partial charge on any atom is 0.246 e. The summed E-state index contributed by atoms with van der Waals surface area (Å²) in [5.41, 5.74) is 0. The highest BCUT2D eigenvalue weighted by Gasteiger charge is 2.35. The summed E-state index contributed by atoms with van der Waals surface area (Å²) in [6, 6.07) is 0.399. The zero-order valence-corrected chi connectivity index (χ0v) is 9.31. The third kappa shape index (κ3) is 2.42. The number of amides is 1. The number of carbonyl (C=O) groups is 1. The molecule has 0 radical (unpaired) electrons. The van der Waals surface area contributed by atoms with E-state index in [1.807, 2.05) is 0 Å². The van der Waals surface area contributed by atoms with E-state index in [4.69, 9.17) is 4.74 Å². The summed E-state index contributed by atoms with van der Waals surface area (Å²) in [6.07, 6.45) is 4.98. The molecular formula is C10H17NO2S. The summed E-state index contributed by atoms with van der Waals surface area (Å²) in [6.45, 7) is 0.193. The van der Waals surface area contributed by atoms with Gasteiger partial charge in [0.15, 0.2) is 0 Å². The first kappa shape index (κ1) is 10.3. The van der Waals surface area contributed by atoms with Crippen LogP contribution in [0, 0.1) is 0 Å². The average molecular weight is 215 g/mol. The van der Waals surface area contributed by atoms with Gasteiger partial charge in [0.05, 0.1) is 0 Å². The number of nitrogens with one attached hydrogen (secondary N) is 1. The molecule has 2 aliphatic heterocycles. The van der Waals surface area contributed by atoms with Crippen LogP contribution in [-0.4, -0.2) is 36.2 Å². The molecule has 80 valence electrons. The van der Waals surface area contributed by atoms with Crippen molar-refractivity contribution in [2.75, 3.05) is 13.7 Å². The van der Waals surface area contributed by atoms with Crippen molar-refractivity contribution in [3.05, 3.63) is 0 Å². The first-order chi connectivity index (χ1) is 6.78. The summed E-state index contributed by atoms with van der Waals surface area (Å²) < 4.78 is 4.80. The van der Waals surface area contributed by atoms with Crippen LogP contribution >= 0.6 is 11.8 Å². The molecule has 2 bridgehead atoms. The summed E-state index contributed by atoms with van der Waals surface area (Å²) in [7, 11) is 1.56. The highest BCUT2D eigenvalue weighted by atomic mass is 32.2. The average Bonchev–Trinajstić information content (AvgIpc) is 2.46. The van der Waals surface area contributed by atoms with Crippen LogP contribution in [0.5, 0.6) is 0 Å². The summed E-state index contributed by atoms with van der Waals surface area (Å²) in [5.74, 6) is 0.0313. The van der Waals surface area contributed by atoms with E-state index in [0.29, 0.717) is 6.04 Å². The third-order valence-electron chi connectivity index (χ3n) is 2.93. The van der Waals surface area contributed by atoms with Gasteiger partial charge in [0.1, 0.15) is 6.61 Å². The SMILES string of the molecule is COCC(=O)NC1CC2CCC(C1)S2. The molecule has 0 aromatic rings. The Morgan fingerprint density at radius 2 is 2.07 bits per heavy atom.